The molecule has 0 saturated heterocycles. The normalized spacial score (nSPS) is 11.6. The molecule has 0 spiro atoms. The van der Waals surface area contributed by atoms with Gasteiger partial charge in [0.2, 0.25) is 0 Å². The topological polar surface area (TPSA) is 102 Å². The molecule has 1 aromatic heterocycles. The van der Waals surface area contributed by atoms with Crippen LogP contribution in [0.25, 0.3) is 11.1 Å². The van der Waals surface area contributed by atoms with E-state index < -0.39 is 0 Å². The van der Waals surface area contributed by atoms with Crippen molar-refractivity contribution in [2.75, 3.05) is 18.4 Å². The summed E-state index contributed by atoms with van der Waals surface area (Å²) >= 11 is 0. The summed E-state index contributed by atoms with van der Waals surface area (Å²) in [5.41, 5.74) is 18.0. The SMILES string of the molecule is Cc1ccc2c(c1)Cc1nc(Cc3ccccc3)nc(NCCN=C(N)N)c1-2. The van der Waals surface area contributed by atoms with Gasteiger partial charge < -0.3 is 16.8 Å². The molecule has 0 aliphatic heterocycles. The third-order valence-corrected chi connectivity index (χ3v) is 4.82. The Bertz CT molecular complexity index is 1020. The summed E-state index contributed by atoms with van der Waals surface area (Å²) in [7, 11) is 0. The van der Waals surface area contributed by atoms with Gasteiger partial charge in [0.05, 0.1) is 12.2 Å². The van der Waals surface area contributed by atoms with Gasteiger partial charge in [0.15, 0.2) is 5.96 Å². The number of hydrogen-bond donors (Lipinski definition) is 3. The number of rotatable bonds is 6. The molecule has 5 N–H and O–H groups in total. The van der Waals surface area contributed by atoms with Crippen LogP contribution in [0.2, 0.25) is 0 Å². The van der Waals surface area contributed by atoms with Crippen molar-refractivity contribution in [1.29, 1.82) is 0 Å². The van der Waals surface area contributed by atoms with Gasteiger partial charge in [0.25, 0.3) is 0 Å². The van der Waals surface area contributed by atoms with Crippen LogP contribution in [0.1, 0.15) is 28.2 Å². The highest BCUT2D eigenvalue weighted by Crippen LogP contribution is 2.40. The molecule has 0 saturated carbocycles. The first-order valence-corrected chi connectivity index (χ1v) is 9.43. The minimum absolute atomic E-state index is 0.0975. The smallest absolute Gasteiger partial charge is 0.185 e. The molecule has 0 amide bonds. The second-order valence-electron chi connectivity index (χ2n) is 7.04. The fourth-order valence-electron chi connectivity index (χ4n) is 3.61. The molecule has 0 fully saturated rings. The van der Waals surface area contributed by atoms with Crippen LogP contribution in [0.3, 0.4) is 0 Å². The van der Waals surface area contributed by atoms with E-state index in [2.05, 4.69) is 47.6 Å². The number of benzene rings is 2. The van der Waals surface area contributed by atoms with Crippen molar-refractivity contribution in [2.45, 2.75) is 19.8 Å². The Balaban J connectivity index is 1.69. The maximum absolute atomic E-state index is 5.42. The lowest BCUT2D eigenvalue weighted by atomic mass is 10.0. The Kier molecular flexibility index (Phi) is 4.93. The van der Waals surface area contributed by atoms with Crippen molar-refractivity contribution >= 4 is 11.8 Å². The van der Waals surface area contributed by atoms with Crippen LogP contribution < -0.4 is 16.8 Å². The van der Waals surface area contributed by atoms with E-state index in [1.54, 1.807) is 0 Å². The lowest BCUT2D eigenvalue weighted by molar-refractivity contribution is 0.922. The fraction of sp³-hybridized carbons (Fsp3) is 0.227. The summed E-state index contributed by atoms with van der Waals surface area (Å²) in [4.78, 5) is 13.8. The van der Waals surface area contributed by atoms with E-state index in [1.807, 2.05) is 18.2 Å². The lowest BCUT2D eigenvalue weighted by Crippen LogP contribution is -2.24. The van der Waals surface area contributed by atoms with Crippen LogP contribution in [0, 0.1) is 6.92 Å². The van der Waals surface area contributed by atoms with Gasteiger partial charge >= 0.3 is 0 Å². The predicted octanol–water partition coefficient (Wildman–Crippen LogP) is 2.63. The molecule has 1 aliphatic rings. The highest BCUT2D eigenvalue weighted by molar-refractivity contribution is 5.84. The van der Waals surface area contributed by atoms with Crippen molar-refractivity contribution in [3.63, 3.8) is 0 Å². The maximum atomic E-state index is 5.42. The first-order chi connectivity index (χ1) is 13.6. The molecule has 1 aliphatic carbocycles. The molecular formula is C22H24N6. The zero-order valence-corrected chi connectivity index (χ0v) is 15.9. The molecule has 142 valence electrons. The van der Waals surface area contributed by atoms with Crippen LogP contribution >= 0.6 is 0 Å². The second-order valence-corrected chi connectivity index (χ2v) is 7.04. The first-order valence-electron chi connectivity index (χ1n) is 9.43. The van der Waals surface area contributed by atoms with Gasteiger partial charge in [0, 0.05) is 24.9 Å². The second kappa shape index (κ2) is 7.68. The number of aliphatic imine (C=N–C) groups is 1. The maximum Gasteiger partial charge on any atom is 0.185 e. The van der Waals surface area contributed by atoms with Gasteiger partial charge in [-0.25, -0.2) is 9.97 Å². The summed E-state index contributed by atoms with van der Waals surface area (Å²) in [6, 6.07) is 16.8. The summed E-state index contributed by atoms with van der Waals surface area (Å²) in [5.74, 6) is 1.77. The number of hydrogen-bond acceptors (Lipinski definition) is 4. The number of nitrogens with one attached hydrogen (secondary N) is 1. The third kappa shape index (κ3) is 3.81. The fourth-order valence-corrected chi connectivity index (χ4v) is 3.61. The molecular weight excluding hydrogens is 348 g/mol. The zero-order valence-electron chi connectivity index (χ0n) is 15.9. The Morgan fingerprint density at radius 3 is 2.71 bits per heavy atom. The van der Waals surface area contributed by atoms with Crippen molar-refractivity contribution in [3.8, 4) is 11.1 Å². The largest absolute Gasteiger partial charge is 0.370 e. The van der Waals surface area contributed by atoms with Crippen molar-refractivity contribution in [3.05, 3.63) is 76.7 Å². The molecule has 0 atom stereocenters. The number of nitrogens with zero attached hydrogens (tertiary/aromatic N) is 3. The van der Waals surface area contributed by atoms with Crippen LogP contribution in [-0.2, 0) is 12.8 Å². The molecule has 2 aromatic carbocycles. The molecule has 6 heteroatoms. The predicted molar refractivity (Wildman–Crippen MR) is 113 cm³/mol. The Hall–Kier alpha value is -3.41. The molecule has 4 rings (SSSR count). The van der Waals surface area contributed by atoms with Crippen molar-refractivity contribution < 1.29 is 0 Å². The number of fused-ring (bicyclic) bond motifs is 3. The average molecular weight is 372 g/mol. The van der Waals surface area contributed by atoms with E-state index >= 15 is 0 Å². The average Bonchev–Trinajstić information content (AvgIpc) is 3.03. The van der Waals surface area contributed by atoms with Crippen molar-refractivity contribution in [2.24, 2.45) is 16.5 Å². The molecule has 0 unspecified atom stereocenters. The lowest BCUT2D eigenvalue weighted by Gasteiger charge is -2.13. The van der Waals surface area contributed by atoms with Gasteiger partial charge in [0.1, 0.15) is 11.6 Å². The van der Waals surface area contributed by atoms with E-state index in [0.29, 0.717) is 19.5 Å². The Morgan fingerprint density at radius 2 is 1.93 bits per heavy atom. The van der Waals surface area contributed by atoms with Gasteiger partial charge in [-0.2, -0.15) is 0 Å². The van der Waals surface area contributed by atoms with Crippen molar-refractivity contribution in [1.82, 2.24) is 9.97 Å². The van der Waals surface area contributed by atoms with Gasteiger partial charge in [-0.1, -0.05) is 54.1 Å². The van der Waals surface area contributed by atoms with Gasteiger partial charge in [-0.3, -0.25) is 4.99 Å². The number of aromatic nitrogens is 2. The van der Waals surface area contributed by atoms with E-state index in [1.165, 1.54) is 22.3 Å². The molecule has 1 heterocycles. The van der Waals surface area contributed by atoms with Crippen LogP contribution in [0.5, 0.6) is 0 Å². The number of anilines is 1. The van der Waals surface area contributed by atoms with E-state index in [4.69, 9.17) is 21.4 Å². The molecule has 6 nitrogen and oxygen atoms in total. The van der Waals surface area contributed by atoms with Gasteiger partial charge in [-0.15, -0.1) is 0 Å². The van der Waals surface area contributed by atoms with Gasteiger partial charge in [-0.05, 0) is 23.6 Å². The highest BCUT2D eigenvalue weighted by atomic mass is 15.1. The van der Waals surface area contributed by atoms with E-state index in [-0.39, 0.29) is 5.96 Å². The summed E-state index contributed by atoms with van der Waals surface area (Å²) in [6.07, 6.45) is 1.53. The summed E-state index contributed by atoms with van der Waals surface area (Å²) in [5, 5.41) is 3.41. The molecule has 28 heavy (non-hydrogen) atoms. The number of nitrogens with two attached hydrogens (primary N) is 2. The first kappa shape index (κ1) is 18.0. The Morgan fingerprint density at radius 1 is 1.11 bits per heavy atom. The minimum atomic E-state index is 0.0975. The monoisotopic (exact) mass is 372 g/mol. The molecule has 3 aromatic rings. The standard InChI is InChI=1S/C22H24N6/c1-14-7-8-17-16(11-14)13-18-20(17)21(25-9-10-26-22(23)24)28-19(27-18)12-15-5-3-2-4-6-15/h2-8,11H,9-10,12-13H2,1H3,(H4,23,24,26)(H,25,27,28). The quantitative estimate of drug-likeness (QED) is 0.274. The molecule has 0 radical (unpaired) electrons. The van der Waals surface area contributed by atoms with E-state index in [0.717, 1.165) is 29.3 Å². The Labute approximate surface area is 164 Å². The van der Waals surface area contributed by atoms with E-state index in [9.17, 15) is 0 Å². The summed E-state index contributed by atoms with van der Waals surface area (Å²) in [6.45, 7) is 3.22. The third-order valence-electron chi connectivity index (χ3n) is 4.82. The number of guanidine groups is 1. The summed E-state index contributed by atoms with van der Waals surface area (Å²) < 4.78 is 0. The highest BCUT2D eigenvalue weighted by Gasteiger charge is 2.25. The van der Waals surface area contributed by atoms with Crippen LogP contribution in [-0.4, -0.2) is 29.0 Å². The zero-order chi connectivity index (χ0) is 19.5. The minimum Gasteiger partial charge on any atom is -0.370 e. The molecule has 0 bridgehead atoms. The van der Waals surface area contributed by atoms with Crippen LogP contribution in [0.15, 0.2) is 53.5 Å². The number of aryl methyl sites for hydroxylation is 1. The van der Waals surface area contributed by atoms with Crippen LogP contribution in [0.4, 0.5) is 5.82 Å².